The molecule has 1 saturated heterocycles. The summed E-state index contributed by atoms with van der Waals surface area (Å²) >= 11 is 0. The maximum Gasteiger partial charge on any atom is 0.0550 e. The standard InChI is InChI=1S/C10H16N4/c1-14-3-2-9(7-14)13-10-4-8(11)5-12-6-10/h4-6,9,13H,2-3,7,11H2,1H3. The highest BCUT2D eigenvalue weighted by molar-refractivity contribution is 5.51. The van der Waals surface area contributed by atoms with Gasteiger partial charge in [0, 0.05) is 18.8 Å². The largest absolute Gasteiger partial charge is 0.397 e. The third-order valence-electron chi connectivity index (χ3n) is 2.52. The Morgan fingerprint density at radius 1 is 1.57 bits per heavy atom. The zero-order valence-electron chi connectivity index (χ0n) is 8.40. The van der Waals surface area contributed by atoms with Crippen LogP contribution in [0.2, 0.25) is 0 Å². The van der Waals surface area contributed by atoms with Crippen LogP contribution < -0.4 is 11.1 Å². The summed E-state index contributed by atoms with van der Waals surface area (Å²) in [6.07, 6.45) is 4.66. The van der Waals surface area contributed by atoms with Gasteiger partial charge in [0.15, 0.2) is 0 Å². The molecule has 0 saturated carbocycles. The molecule has 1 aromatic rings. The van der Waals surface area contributed by atoms with E-state index in [1.54, 1.807) is 6.20 Å². The van der Waals surface area contributed by atoms with E-state index < -0.39 is 0 Å². The smallest absolute Gasteiger partial charge is 0.0550 e. The van der Waals surface area contributed by atoms with Gasteiger partial charge < -0.3 is 16.0 Å². The second kappa shape index (κ2) is 3.84. The molecule has 0 aliphatic carbocycles. The summed E-state index contributed by atoms with van der Waals surface area (Å²) in [7, 11) is 2.14. The molecule has 1 atom stereocenters. The van der Waals surface area contributed by atoms with Crippen molar-refractivity contribution in [2.24, 2.45) is 0 Å². The number of aromatic nitrogens is 1. The molecule has 2 rings (SSSR count). The topological polar surface area (TPSA) is 54.2 Å². The minimum atomic E-state index is 0.531. The summed E-state index contributed by atoms with van der Waals surface area (Å²) in [5.41, 5.74) is 7.38. The molecule has 76 valence electrons. The van der Waals surface area contributed by atoms with E-state index in [0.29, 0.717) is 11.7 Å². The fourth-order valence-corrected chi connectivity index (χ4v) is 1.83. The molecular weight excluding hydrogens is 176 g/mol. The fraction of sp³-hybridized carbons (Fsp3) is 0.500. The third-order valence-corrected chi connectivity index (χ3v) is 2.52. The number of nitrogen functional groups attached to an aromatic ring is 1. The van der Waals surface area contributed by atoms with Crippen LogP contribution in [-0.2, 0) is 0 Å². The van der Waals surface area contributed by atoms with E-state index in [2.05, 4.69) is 22.2 Å². The van der Waals surface area contributed by atoms with Gasteiger partial charge in [0.25, 0.3) is 0 Å². The van der Waals surface area contributed by atoms with Crippen molar-refractivity contribution in [2.45, 2.75) is 12.5 Å². The zero-order chi connectivity index (χ0) is 9.97. The first kappa shape index (κ1) is 9.27. The van der Waals surface area contributed by atoms with Crippen LogP contribution in [0.4, 0.5) is 11.4 Å². The molecule has 1 fully saturated rings. The molecule has 14 heavy (non-hydrogen) atoms. The molecule has 0 aromatic carbocycles. The van der Waals surface area contributed by atoms with E-state index in [9.17, 15) is 0 Å². The highest BCUT2D eigenvalue weighted by Crippen LogP contribution is 2.15. The second-order valence-corrected chi connectivity index (χ2v) is 3.90. The van der Waals surface area contributed by atoms with Gasteiger partial charge in [-0.2, -0.15) is 0 Å². The number of rotatable bonds is 2. The summed E-state index contributed by atoms with van der Waals surface area (Å²) in [4.78, 5) is 6.36. The van der Waals surface area contributed by atoms with E-state index >= 15 is 0 Å². The van der Waals surface area contributed by atoms with Crippen LogP contribution in [0.3, 0.4) is 0 Å². The quantitative estimate of drug-likeness (QED) is 0.727. The van der Waals surface area contributed by atoms with Crippen molar-refractivity contribution < 1.29 is 0 Å². The summed E-state index contributed by atoms with van der Waals surface area (Å²) in [5.74, 6) is 0. The van der Waals surface area contributed by atoms with Gasteiger partial charge in [-0.15, -0.1) is 0 Å². The molecule has 4 heteroatoms. The lowest BCUT2D eigenvalue weighted by atomic mass is 10.2. The van der Waals surface area contributed by atoms with Gasteiger partial charge in [-0.3, -0.25) is 4.98 Å². The van der Waals surface area contributed by atoms with Crippen molar-refractivity contribution in [1.29, 1.82) is 0 Å². The second-order valence-electron chi connectivity index (χ2n) is 3.90. The molecular formula is C10H16N4. The Bertz CT molecular complexity index is 313. The molecule has 2 heterocycles. The van der Waals surface area contributed by atoms with Crippen molar-refractivity contribution in [1.82, 2.24) is 9.88 Å². The molecule has 0 bridgehead atoms. The number of likely N-dealkylation sites (N-methyl/N-ethyl adjacent to an activating group) is 1. The van der Waals surface area contributed by atoms with Gasteiger partial charge in [0.1, 0.15) is 0 Å². The average Bonchev–Trinajstić information content (AvgIpc) is 2.51. The van der Waals surface area contributed by atoms with Crippen LogP contribution >= 0.6 is 0 Å². The van der Waals surface area contributed by atoms with Crippen LogP contribution in [0, 0.1) is 0 Å². The number of nitrogens with two attached hydrogens (primary N) is 1. The molecule has 1 aliphatic heterocycles. The third kappa shape index (κ3) is 2.14. The van der Waals surface area contributed by atoms with Gasteiger partial charge in [-0.1, -0.05) is 0 Å². The molecule has 3 N–H and O–H groups in total. The van der Waals surface area contributed by atoms with Crippen LogP contribution in [-0.4, -0.2) is 36.1 Å². The minimum Gasteiger partial charge on any atom is -0.397 e. The predicted molar refractivity (Wildman–Crippen MR) is 58.2 cm³/mol. The summed E-state index contributed by atoms with van der Waals surface area (Å²) in [6.45, 7) is 2.25. The van der Waals surface area contributed by atoms with Crippen molar-refractivity contribution in [3.63, 3.8) is 0 Å². The zero-order valence-corrected chi connectivity index (χ0v) is 8.40. The summed E-state index contributed by atoms with van der Waals surface area (Å²) in [6, 6.07) is 2.45. The summed E-state index contributed by atoms with van der Waals surface area (Å²) < 4.78 is 0. The Morgan fingerprint density at radius 2 is 2.43 bits per heavy atom. The maximum absolute atomic E-state index is 5.65. The first-order valence-electron chi connectivity index (χ1n) is 4.89. The monoisotopic (exact) mass is 192 g/mol. The van der Waals surface area contributed by atoms with Crippen molar-refractivity contribution in [2.75, 3.05) is 31.2 Å². The first-order valence-corrected chi connectivity index (χ1v) is 4.89. The number of anilines is 2. The molecule has 0 radical (unpaired) electrons. The lowest BCUT2D eigenvalue weighted by molar-refractivity contribution is 0.414. The van der Waals surface area contributed by atoms with Crippen LogP contribution in [0.1, 0.15) is 6.42 Å². The lowest BCUT2D eigenvalue weighted by Crippen LogP contribution is -2.23. The predicted octanol–water partition coefficient (Wildman–Crippen LogP) is 0.780. The van der Waals surface area contributed by atoms with Gasteiger partial charge in [-0.25, -0.2) is 0 Å². The van der Waals surface area contributed by atoms with E-state index in [-0.39, 0.29) is 0 Å². The highest BCUT2D eigenvalue weighted by atomic mass is 15.2. The van der Waals surface area contributed by atoms with Crippen LogP contribution in [0.5, 0.6) is 0 Å². The van der Waals surface area contributed by atoms with Crippen molar-refractivity contribution >= 4 is 11.4 Å². The number of pyridine rings is 1. The SMILES string of the molecule is CN1CCC(Nc2cncc(N)c2)C1. The average molecular weight is 192 g/mol. The van der Waals surface area contributed by atoms with Crippen molar-refractivity contribution in [3.8, 4) is 0 Å². The molecule has 1 aliphatic rings. The van der Waals surface area contributed by atoms with E-state index in [4.69, 9.17) is 5.73 Å². The minimum absolute atomic E-state index is 0.531. The number of nitrogens with one attached hydrogen (secondary N) is 1. The van der Waals surface area contributed by atoms with Gasteiger partial charge in [0.2, 0.25) is 0 Å². The Labute approximate surface area is 84.1 Å². The van der Waals surface area contributed by atoms with E-state index in [1.807, 2.05) is 12.3 Å². The summed E-state index contributed by atoms with van der Waals surface area (Å²) in [5, 5.41) is 3.43. The van der Waals surface area contributed by atoms with Crippen molar-refractivity contribution in [3.05, 3.63) is 18.5 Å². The maximum atomic E-state index is 5.65. The highest BCUT2D eigenvalue weighted by Gasteiger charge is 2.18. The molecule has 0 amide bonds. The number of likely N-dealkylation sites (tertiary alicyclic amines) is 1. The van der Waals surface area contributed by atoms with Gasteiger partial charge in [0.05, 0.1) is 17.6 Å². The van der Waals surface area contributed by atoms with Gasteiger partial charge >= 0.3 is 0 Å². The van der Waals surface area contributed by atoms with Gasteiger partial charge in [-0.05, 0) is 26.1 Å². The van der Waals surface area contributed by atoms with Crippen LogP contribution in [0.25, 0.3) is 0 Å². The van der Waals surface area contributed by atoms with Crippen LogP contribution in [0.15, 0.2) is 18.5 Å². The number of hydrogen-bond donors (Lipinski definition) is 2. The molecule has 1 unspecified atom stereocenters. The normalized spacial score (nSPS) is 22.5. The Balaban J connectivity index is 1.97. The Morgan fingerprint density at radius 3 is 3.07 bits per heavy atom. The van der Waals surface area contributed by atoms with E-state index in [1.165, 1.54) is 6.42 Å². The van der Waals surface area contributed by atoms with E-state index in [0.717, 1.165) is 18.8 Å². The molecule has 4 nitrogen and oxygen atoms in total. The lowest BCUT2D eigenvalue weighted by Gasteiger charge is -2.13. The molecule has 1 aromatic heterocycles. The fourth-order valence-electron chi connectivity index (χ4n) is 1.83. The number of nitrogens with zero attached hydrogens (tertiary/aromatic N) is 2. The first-order chi connectivity index (χ1) is 6.74. The number of hydrogen-bond acceptors (Lipinski definition) is 4. The molecule has 0 spiro atoms. The Kier molecular flexibility index (Phi) is 2.54. The Hall–Kier alpha value is -1.29.